The van der Waals surface area contributed by atoms with Crippen molar-refractivity contribution < 1.29 is 14.4 Å². The molecule has 1 heterocycles. The van der Waals surface area contributed by atoms with Gasteiger partial charge in [0.15, 0.2) is 0 Å². The summed E-state index contributed by atoms with van der Waals surface area (Å²) in [4.78, 5) is 37.1. The highest BCUT2D eigenvalue weighted by Gasteiger charge is 2.29. The van der Waals surface area contributed by atoms with Gasteiger partial charge in [-0.15, -0.1) is 12.4 Å². The summed E-state index contributed by atoms with van der Waals surface area (Å²) in [6.07, 6.45) is 1.37. The number of hydrogen-bond donors (Lipinski definition) is 2. The summed E-state index contributed by atoms with van der Waals surface area (Å²) in [6.45, 7) is 6.76. The molecule has 1 aromatic rings. The Morgan fingerprint density at radius 1 is 1.19 bits per heavy atom. The number of carbonyl (C=O) groups is 3. The largest absolute Gasteiger partial charge is 0.346 e. The predicted molar refractivity (Wildman–Crippen MR) is 103 cm³/mol. The highest BCUT2D eigenvalue weighted by atomic mass is 35.5. The number of imide groups is 1. The molecule has 0 saturated carbocycles. The minimum atomic E-state index is -0.446. The Morgan fingerprint density at radius 3 is 2.19 bits per heavy atom. The first-order valence-corrected chi connectivity index (χ1v) is 8.69. The highest BCUT2D eigenvalue weighted by molar-refractivity contribution is 6.01. The molecule has 2 rings (SSSR count). The monoisotopic (exact) mass is 381 g/mol. The molecule has 1 aliphatic rings. The van der Waals surface area contributed by atoms with Crippen molar-refractivity contribution in [3.8, 4) is 0 Å². The Balaban J connectivity index is 0.00000338. The van der Waals surface area contributed by atoms with E-state index < -0.39 is 5.54 Å². The smallest absolute Gasteiger partial charge is 0.251 e. The van der Waals surface area contributed by atoms with Crippen LogP contribution in [0.5, 0.6) is 0 Å². The van der Waals surface area contributed by atoms with Crippen LogP contribution in [0.25, 0.3) is 0 Å². The van der Waals surface area contributed by atoms with Crippen molar-refractivity contribution in [1.29, 1.82) is 0 Å². The van der Waals surface area contributed by atoms with Crippen molar-refractivity contribution >= 4 is 30.1 Å². The minimum Gasteiger partial charge on any atom is -0.346 e. The van der Waals surface area contributed by atoms with Crippen LogP contribution in [0.4, 0.5) is 0 Å². The van der Waals surface area contributed by atoms with Crippen LogP contribution in [0, 0.1) is 5.92 Å². The second-order valence-electron chi connectivity index (χ2n) is 7.39. The molecule has 6 nitrogen and oxygen atoms in total. The molecule has 1 atom stereocenters. The van der Waals surface area contributed by atoms with Crippen molar-refractivity contribution in [2.24, 2.45) is 11.7 Å². The van der Waals surface area contributed by atoms with E-state index >= 15 is 0 Å². The van der Waals surface area contributed by atoms with Crippen molar-refractivity contribution in [2.45, 2.75) is 52.1 Å². The third-order valence-corrected chi connectivity index (χ3v) is 4.44. The van der Waals surface area contributed by atoms with Gasteiger partial charge in [-0.05, 0) is 37.0 Å². The zero-order chi connectivity index (χ0) is 18.6. The lowest BCUT2D eigenvalue weighted by molar-refractivity contribution is -0.139. The normalized spacial score (nSPS) is 16.4. The van der Waals surface area contributed by atoms with Crippen LogP contribution in [-0.4, -0.2) is 34.7 Å². The summed E-state index contributed by atoms with van der Waals surface area (Å²) in [7, 11) is 0. The lowest BCUT2D eigenvalue weighted by Crippen LogP contribution is -2.52. The number of hydrogen-bond acceptors (Lipinski definition) is 4. The van der Waals surface area contributed by atoms with E-state index in [1.54, 1.807) is 24.3 Å². The second kappa shape index (κ2) is 9.14. The van der Waals surface area contributed by atoms with Gasteiger partial charge in [-0.25, -0.2) is 0 Å². The summed E-state index contributed by atoms with van der Waals surface area (Å²) in [5.41, 5.74) is 6.75. The van der Waals surface area contributed by atoms with Gasteiger partial charge in [-0.2, -0.15) is 0 Å². The van der Waals surface area contributed by atoms with Crippen LogP contribution in [0.2, 0.25) is 0 Å². The molecular formula is C19H28ClN3O3. The topological polar surface area (TPSA) is 92.5 Å². The molecule has 7 heteroatoms. The second-order valence-corrected chi connectivity index (χ2v) is 7.39. The van der Waals surface area contributed by atoms with Crippen molar-refractivity contribution in [2.75, 3.05) is 6.54 Å². The maximum Gasteiger partial charge on any atom is 0.251 e. The number of nitrogens with zero attached hydrogens (tertiary/aromatic N) is 1. The first kappa shape index (κ1) is 22.1. The maximum absolute atomic E-state index is 12.5. The van der Waals surface area contributed by atoms with Crippen LogP contribution >= 0.6 is 12.4 Å². The van der Waals surface area contributed by atoms with E-state index in [0.29, 0.717) is 18.0 Å². The Bertz CT molecular complexity index is 644. The molecule has 144 valence electrons. The zero-order valence-corrected chi connectivity index (χ0v) is 16.4. The molecule has 1 aliphatic heterocycles. The van der Waals surface area contributed by atoms with E-state index in [2.05, 4.69) is 19.2 Å². The molecule has 3 N–H and O–H groups in total. The number of nitrogens with one attached hydrogen (secondary N) is 1. The van der Waals surface area contributed by atoms with Gasteiger partial charge in [0.05, 0.1) is 6.54 Å². The summed E-state index contributed by atoms with van der Waals surface area (Å²) in [6, 6.07) is 6.97. The van der Waals surface area contributed by atoms with E-state index in [1.165, 1.54) is 4.90 Å². The first-order chi connectivity index (χ1) is 11.7. The molecule has 1 fully saturated rings. The summed E-state index contributed by atoms with van der Waals surface area (Å²) < 4.78 is 0. The van der Waals surface area contributed by atoms with Crippen molar-refractivity contribution in [3.05, 3.63) is 35.4 Å². The molecule has 0 radical (unpaired) electrons. The number of nitrogens with two attached hydrogens (primary N) is 1. The van der Waals surface area contributed by atoms with Crippen molar-refractivity contribution in [3.63, 3.8) is 0 Å². The van der Waals surface area contributed by atoms with Gasteiger partial charge in [-0.3, -0.25) is 19.3 Å². The van der Waals surface area contributed by atoms with Gasteiger partial charge in [0, 0.05) is 30.5 Å². The predicted octanol–water partition coefficient (Wildman–Crippen LogP) is 2.25. The third-order valence-electron chi connectivity index (χ3n) is 4.44. The fourth-order valence-corrected chi connectivity index (χ4v) is 3.18. The molecule has 0 bridgehead atoms. The first-order valence-electron chi connectivity index (χ1n) is 8.69. The van der Waals surface area contributed by atoms with E-state index in [1.807, 2.05) is 6.92 Å². The van der Waals surface area contributed by atoms with Gasteiger partial charge in [0.2, 0.25) is 11.8 Å². The SMILES string of the molecule is CC(C)CC(C)(CN)NC(=O)c1ccc(CN2C(=O)CCC2=O)cc1.Cl. The molecule has 0 aliphatic carbocycles. The standard InChI is InChI=1S/C19H27N3O3.ClH/c1-13(2)10-19(3,12-20)21-18(25)15-6-4-14(5-7-15)11-22-16(23)8-9-17(22)24;/h4-7,13H,8-12,20H2,1-3H3,(H,21,25);1H. The minimum absolute atomic E-state index is 0. The van der Waals surface area contributed by atoms with Gasteiger partial charge in [0.25, 0.3) is 5.91 Å². The van der Waals surface area contributed by atoms with Gasteiger partial charge in [0.1, 0.15) is 0 Å². The van der Waals surface area contributed by atoms with Crippen LogP contribution in [0.1, 0.15) is 56.0 Å². The van der Waals surface area contributed by atoms with Crippen LogP contribution in [-0.2, 0) is 16.1 Å². The van der Waals surface area contributed by atoms with E-state index in [4.69, 9.17) is 5.73 Å². The molecule has 1 aromatic carbocycles. The van der Waals surface area contributed by atoms with Crippen molar-refractivity contribution in [1.82, 2.24) is 10.2 Å². The molecule has 1 saturated heterocycles. The van der Waals surface area contributed by atoms with E-state index in [-0.39, 0.29) is 49.5 Å². The lowest BCUT2D eigenvalue weighted by atomic mass is 9.90. The van der Waals surface area contributed by atoms with Crippen LogP contribution in [0.3, 0.4) is 0 Å². The number of amides is 3. The quantitative estimate of drug-likeness (QED) is 0.708. The Hall–Kier alpha value is -1.92. The zero-order valence-electron chi connectivity index (χ0n) is 15.6. The molecule has 3 amide bonds. The average Bonchev–Trinajstić information content (AvgIpc) is 2.86. The number of likely N-dealkylation sites (tertiary alicyclic amines) is 1. The number of rotatable bonds is 7. The molecule has 0 spiro atoms. The summed E-state index contributed by atoms with van der Waals surface area (Å²) in [5.74, 6) is -0.0290. The Morgan fingerprint density at radius 2 is 1.73 bits per heavy atom. The van der Waals surface area contributed by atoms with Crippen LogP contribution in [0.15, 0.2) is 24.3 Å². The van der Waals surface area contributed by atoms with E-state index in [0.717, 1.165) is 12.0 Å². The van der Waals surface area contributed by atoms with Gasteiger partial charge < -0.3 is 11.1 Å². The molecule has 26 heavy (non-hydrogen) atoms. The van der Waals surface area contributed by atoms with Gasteiger partial charge >= 0.3 is 0 Å². The highest BCUT2D eigenvalue weighted by Crippen LogP contribution is 2.18. The van der Waals surface area contributed by atoms with Gasteiger partial charge in [-0.1, -0.05) is 26.0 Å². The van der Waals surface area contributed by atoms with Crippen LogP contribution < -0.4 is 11.1 Å². The molecular weight excluding hydrogens is 354 g/mol. The Kier molecular flexibility index (Phi) is 7.78. The number of benzene rings is 1. The fraction of sp³-hybridized carbons (Fsp3) is 0.526. The Labute approximate surface area is 160 Å². The third kappa shape index (κ3) is 5.54. The average molecular weight is 382 g/mol. The molecule has 0 aromatic heterocycles. The summed E-state index contributed by atoms with van der Waals surface area (Å²) >= 11 is 0. The maximum atomic E-state index is 12.5. The fourth-order valence-electron chi connectivity index (χ4n) is 3.18. The summed E-state index contributed by atoms with van der Waals surface area (Å²) in [5, 5.41) is 3.01. The van der Waals surface area contributed by atoms with E-state index in [9.17, 15) is 14.4 Å². The lowest BCUT2D eigenvalue weighted by Gasteiger charge is -2.31. The molecule has 1 unspecified atom stereocenters. The number of carbonyl (C=O) groups excluding carboxylic acids is 3. The number of halogens is 1.